The number of carbonyl (C=O) groups excluding carboxylic acids is 3. The number of nitrogens with one attached hydrogen (secondary N) is 1. The van der Waals surface area contributed by atoms with Crippen molar-refractivity contribution >= 4 is 34.5 Å². The Kier molecular flexibility index (Phi) is 5.19. The van der Waals surface area contributed by atoms with Crippen LogP contribution in [0.25, 0.3) is 0 Å². The number of hydrogen-bond acceptors (Lipinski definition) is 7. The Labute approximate surface area is 182 Å². The number of amides is 1. The van der Waals surface area contributed by atoms with Gasteiger partial charge in [0.1, 0.15) is 10.7 Å². The van der Waals surface area contributed by atoms with Crippen molar-refractivity contribution in [2.45, 2.75) is 6.54 Å². The molecule has 0 bridgehead atoms. The molecule has 1 aliphatic carbocycles. The van der Waals surface area contributed by atoms with Crippen LogP contribution in [0.15, 0.2) is 47.8 Å². The highest BCUT2D eigenvalue weighted by Gasteiger charge is 2.29. The highest BCUT2D eigenvalue weighted by Crippen LogP contribution is 2.29. The largest absolute Gasteiger partial charge is 0.379 e. The maximum absolute atomic E-state index is 12.9. The van der Waals surface area contributed by atoms with Gasteiger partial charge >= 0.3 is 0 Å². The van der Waals surface area contributed by atoms with Crippen LogP contribution in [-0.4, -0.2) is 53.7 Å². The van der Waals surface area contributed by atoms with E-state index in [1.807, 2.05) is 0 Å². The summed E-state index contributed by atoms with van der Waals surface area (Å²) < 4.78 is 5.35. The first-order valence-corrected chi connectivity index (χ1v) is 10.9. The Morgan fingerprint density at radius 3 is 2.42 bits per heavy atom. The van der Waals surface area contributed by atoms with E-state index in [-0.39, 0.29) is 17.5 Å². The van der Waals surface area contributed by atoms with Crippen LogP contribution in [0, 0.1) is 0 Å². The van der Waals surface area contributed by atoms with Crippen LogP contribution in [0.1, 0.15) is 47.3 Å². The molecule has 0 unspecified atom stereocenters. The zero-order valence-corrected chi connectivity index (χ0v) is 17.4. The van der Waals surface area contributed by atoms with Crippen LogP contribution in [0.2, 0.25) is 0 Å². The molecule has 0 atom stereocenters. The van der Waals surface area contributed by atoms with Gasteiger partial charge in [0.05, 0.1) is 19.8 Å². The number of ketones is 2. The molecule has 1 saturated heterocycles. The molecule has 1 aromatic heterocycles. The number of rotatable bonds is 4. The molecule has 0 radical (unpaired) electrons. The van der Waals surface area contributed by atoms with E-state index in [2.05, 4.69) is 15.2 Å². The lowest BCUT2D eigenvalue weighted by Crippen LogP contribution is -2.35. The van der Waals surface area contributed by atoms with Crippen molar-refractivity contribution in [2.24, 2.45) is 0 Å². The minimum absolute atomic E-state index is 0.185. The maximum Gasteiger partial charge on any atom is 0.275 e. The number of morpholine rings is 1. The highest BCUT2D eigenvalue weighted by atomic mass is 32.1. The number of fused-ring (bicyclic) bond motifs is 2. The summed E-state index contributed by atoms with van der Waals surface area (Å²) >= 11 is 1.44. The van der Waals surface area contributed by atoms with E-state index in [0.717, 1.165) is 18.1 Å². The predicted octanol–water partition coefficient (Wildman–Crippen LogP) is 3.00. The van der Waals surface area contributed by atoms with Crippen LogP contribution < -0.4 is 5.32 Å². The molecule has 1 fully saturated rings. The van der Waals surface area contributed by atoms with Gasteiger partial charge in [-0.15, -0.1) is 11.3 Å². The first-order valence-electron chi connectivity index (χ1n) is 9.98. The summed E-state index contributed by atoms with van der Waals surface area (Å²) in [5.41, 5.74) is 2.23. The first-order chi connectivity index (χ1) is 15.1. The smallest absolute Gasteiger partial charge is 0.275 e. The number of anilines is 1. The predicted molar refractivity (Wildman–Crippen MR) is 116 cm³/mol. The van der Waals surface area contributed by atoms with E-state index in [4.69, 9.17) is 4.74 Å². The zero-order valence-electron chi connectivity index (χ0n) is 16.6. The van der Waals surface area contributed by atoms with Crippen molar-refractivity contribution < 1.29 is 19.1 Å². The molecular weight excluding hydrogens is 414 g/mol. The van der Waals surface area contributed by atoms with Gasteiger partial charge in [-0.2, -0.15) is 0 Å². The number of ether oxygens (including phenoxy) is 1. The number of hydrogen-bond donors (Lipinski definition) is 1. The number of nitrogens with zero attached hydrogens (tertiary/aromatic N) is 2. The molecule has 0 saturated carbocycles. The Morgan fingerprint density at radius 2 is 1.68 bits per heavy atom. The molecule has 5 rings (SSSR count). The van der Waals surface area contributed by atoms with Gasteiger partial charge in [0.15, 0.2) is 11.6 Å². The fourth-order valence-electron chi connectivity index (χ4n) is 3.81. The summed E-state index contributed by atoms with van der Waals surface area (Å²) in [7, 11) is 0. The molecular formula is C23H19N3O4S. The van der Waals surface area contributed by atoms with Gasteiger partial charge in [-0.05, 0) is 18.2 Å². The SMILES string of the molecule is O=C(Nc1ccc2c(c1)C(=O)c1ccccc1C2=O)c1csc(CN2CCOCC2)n1. The van der Waals surface area contributed by atoms with Crippen LogP contribution >= 0.6 is 11.3 Å². The first kappa shape index (κ1) is 19.7. The van der Waals surface area contributed by atoms with Crippen molar-refractivity contribution in [2.75, 3.05) is 31.6 Å². The lowest BCUT2D eigenvalue weighted by atomic mass is 9.84. The lowest BCUT2D eigenvalue weighted by molar-refractivity contribution is 0.0341. The fourth-order valence-corrected chi connectivity index (χ4v) is 4.63. The molecule has 2 aromatic carbocycles. The van der Waals surface area contributed by atoms with Crippen molar-refractivity contribution in [3.8, 4) is 0 Å². The van der Waals surface area contributed by atoms with Crippen molar-refractivity contribution in [1.82, 2.24) is 9.88 Å². The van der Waals surface area contributed by atoms with Gasteiger partial charge < -0.3 is 10.1 Å². The minimum Gasteiger partial charge on any atom is -0.379 e. The standard InChI is InChI=1S/C23H19N3O4S/c27-21-15-3-1-2-4-16(15)22(28)18-11-14(5-6-17(18)21)24-23(29)19-13-31-20(25-19)12-26-7-9-30-10-8-26/h1-6,11,13H,7-10,12H2,(H,24,29). The van der Waals surface area contributed by atoms with E-state index < -0.39 is 0 Å². The quantitative estimate of drug-likeness (QED) is 0.532. The van der Waals surface area contributed by atoms with E-state index in [9.17, 15) is 14.4 Å². The Hall–Kier alpha value is -3.20. The Balaban J connectivity index is 1.33. The Morgan fingerprint density at radius 1 is 1.00 bits per heavy atom. The summed E-state index contributed by atoms with van der Waals surface area (Å²) in [4.78, 5) is 45.0. The number of aromatic nitrogens is 1. The number of carbonyl (C=O) groups is 3. The lowest BCUT2D eigenvalue weighted by Gasteiger charge is -2.25. The molecule has 3 aromatic rings. The molecule has 8 heteroatoms. The highest BCUT2D eigenvalue weighted by molar-refractivity contribution is 7.09. The van der Waals surface area contributed by atoms with Gasteiger partial charge in [-0.25, -0.2) is 4.98 Å². The second-order valence-electron chi connectivity index (χ2n) is 7.43. The van der Waals surface area contributed by atoms with Crippen LogP contribution in [-0.2, 0) is 11.3 Å². The summed E-state index contributed by atoms with van der Waals surface area (Å²) in [6.45, 7) is 3.82. The molecule has 31 heavy (non-hydrogen) atoms. The van der Waals surface area contributed by atoms with Gasteiger partial charge in [0.25, 0.3) is 5.91 Å². The van der Waals surface area contributed by atoms with Crippen LogP contribution in [0.3, 0.4) is 0 Å². The third kappa shape index (κ3) is 3.81. The van der Waals surface area contributed by atoms with Gasteiger partial charge in [-0.3, -0.25) is 19.3 Å². The van der Waals surface area contributed by atoms with Crippen molar-refractivity contribution in [3.05, 3.63) is 80.8 Å². The molecule has 7 nitrogen and oxygen atoms in total. The van der Waals surface area contributed by atoms with Gasteiger partial charge in [-0.1, -0.05) is 24.3 Å². The monoisotopic (exact) mass is 433 g/mol. The maximum atomic E-state index is 12.9. The molecule has 1 amide bonds. The van der Waals surface area contributed by atoms with Crippen molar-refractivity contribution in [3.63, 3.8) is 0 Å². The van der Waals surface area contributed by atoms with Crippen LogP contribution in [0.4, 0.5) is 5.69 Å². The number of thiazole rings is 1. The molecule has 2 aliphatic rings. The average Bonchev–Trinajstić information content (AvgIpc) is 3.27. The number of benzene rings is 2. The summed E-state index contributed by atoms with van der Waals surface area (Å²) in [6, 6.07) is 11.6. The fraction of sp³-hybridized carbons (Fsp3) is 0.217. The van der Waals surface area contributed by atoms with E-state index in [0.29, 0.717) is 53.4 Å². The summed E-state index contributed by atoms with van der Waals surface area (Å²) in [5, 5.41) is 5.39. The van der Waals surface area contributed by atoms with E-state index in [1.165, 1.54) is 11.3 Å². The molecule has 156 valence electrons. The topological polar surface area (TPSA) is 88.6 Å². The van der Waals surface area contributed by atoms with Gasteiger partial charge in [0.2, 0.25) is 0 Å². The summed E-state index contributed by atoms with van der Waals surface area (Å²) in [6.07, 6.45) is 0. The zero-order chi connectivity index (χ0) is 21.4. The molecule has 0 spiro atoms. The molecule has 1 N–H and O–H groups in total. The third-order valence-corrected chi connectivity index (χ3v) is 6.26. The van der Waals surface area contributed by atoms with Crippen molar-refractivity contribution in [1.29, 1.82) is 0 Å². The van der Waals surface area contributed by atoms with Crippen LogP contribution in [0.5, 0.6) is 0 Å². The van der Waals surface area contributed by atoms with E-state index >= 15 is 0 Å². The second-order valence-corrected chi connectivity index (χ2v) is 8.38. The van der Waals surface area contributed by atoms with Gasteiger partial charge in [0, 0.05) is 46.4 Å². The molecule has 1 aliphatic heterocycles. The Bertz CT molecular complexity index is 1200. The third-order valence-electron chi connectivity index (χ3n) is 5.43. The second kappa shape index (κ2) is 8.14. The minimum atomic E-state index is -0.348. The normalized spacial score (nSPS) is 16.0. The summed E-state index contributed by atoms with van der Waals surface area (Å²) in [5.74, 6) is -0.752. The average molecular weight is 433 g/mol. The van der Waals surface area contributed by atoms with E-state index in [1.54, 1.807) is 47.8 Å². The molecule has 2 heterocycles.